The van der Waals surface area contributed by atoms with Gasteiger partial charge < -0.3 is 0 Å². The summed E-state index contributed by atoms with van der Waals surface area (Å²) in [7, 11) is -7.39. The van der Waals surface area contributed by atoms with Gasteiger partial charge in [0.1, 0.15) is 0 Å². The van der Waals surface area contributed by atoms with Crippen molar-refractivity contribution in [3.05, 3.63) is 23.8 Å². The van der Waals surface area contributed by atoms with Crippen LogP contribution in [-0.2, 0) is 24.8 Å². The third kappa shape index (κ3) is 4.21. The van der Waals surface area contributed by atoms with E-state index in [2.05, 4.69) is 4.72 Å². The molecule has 1 heterocycles. The van der Waals surface area contributed by atoms with E-state index < -0.39 is 31.9 Å². The first-order valence-corrected chi connectivity index (χ1v) is 11.2. The second-order valence-corrected chi connectivity index (χ2v) is 10.4. The van der Waals surface area contributed by atoms with Crippen LogP contribution in [0.5, 0.6) is 0 Å². The highest BCUT2D eigenvalue weighted by Gasteiger charge is 2.42. The number of rotatable bonds is 6. The third-order valence-electron chi connectivity index (χ3n) is 4.06. The van der Waals surface area contributed by atoms with Crippen LogP contribution in [0.15, 0.2) is 23.1 Å². The number of hydrogen-bond donors (Lipinski definition) is 1. The van der Waals surface area contributed by atoms with Crippen molar-refractivity contribution in [2.75, 3.05) is 16.6 Å². The van der Waals surface area contributed by atoms with Crippen LogP contribution in [0, 0.1) is 18.8 Å². The quantitative estimate of drug-likeness (QED) is 0.798. The number of nitrogens with zero attached hydrogens (tertiary/aromatic N) is 1. The fourth-order valence-electron chi connectivity index (χ4n) is 2.71. The minimum atomic E-state index is -3.71. The number of aryl methyl sites for hydroxylation is 1. The molecule has 0 bridgehead atoms. The van der Waals surface area contributed by atoms with E-state index in [0.29, 0.717) is 18.0 Å². The Hall–Kier alpha value is -1.45. The van der Waals surface area contributed by atoms with Crippen molar-refractivity contribution < 1.29 is 21.6 Å². The van der Waals surface area contributed by atoms with E-state index in [0.717, 1.165) is 10.7 Å². The minimum absolute atomic E-state index is 0.0806. The molecule has 2 rings (SSSR count). The number of carbonyl (C=O) groups is 1. The maximum absolute atomic E-state index is 12.4. The molecular formula is C16H24N2O5S2. The van der Waals surface area contributed by atoms with Crippen LogP contribution in [0.1, 0.15) is 32.8 Å². The van der Waals surface area contributed by atoms with Crippen LogP contribution >= 0.6 is 0 Å². The van der Waals surface area contributed by atoms with E-state index in [4.69, 9.17) is 0 Å². The summed E-state index contributed by atoms with van der Waals surface area (Å²) in [6.07, 6.45) is 0.717. The van der Waals surface area contributed by atoms with Crippen molar-refractivity contribution in [1.82, 2.24) is 4.72 Å². The molecule has 1 unspecified atom stereocenters. The second-order valence-electron chi connectivity index (χ2n) is 6.81. The Morgan fingerprint density at radius 1 is 1.32 bits per heavy atom. The average Bonchev–Trinajstić information content (AvgIpc) is 2.65. The standard InChI is InChI=1S/C16H24N2O5S2/c1-11(2)7-8-17-25(22,23)15-6-5-14(9-12(15)3)18-16(19)13(4)10-24(18,20)21/h5-6,9,11,13,17H,7-8,10H2,1-4H3. The molecule has 1 atom stereocenters. The molecule has 1 saturated heterocycles. The molecule has 1 aromatic rings. The summed E-state index contributed by atoms with van der Waals surface area (Å²) in [5, 5.41) is 0. The molecule has 0 aromatic heterocycles. The Balaban J connectivity index is 2.31. The van der Waals surface area contributed by atoms with Crippen molar-refractivity contribution in [1.29, 1.82) is 0 Å². The number of hydrogen-bond acceptors (Lipinski definition) is 5. The maximum Gasteiger partial charge on any atom is 0.244 e. The summed E-state index contributed by atoms with van der Waals surface area (Å²) in [5.41, 5.74) is 0.560. The minimum Gasteiger partial charge on any atom is -0.273 e. The highest BCUT2D eigenvalue weighted by atomic mass is 32.2. The van der Waals surface area contributed by atoms with E-state index in [9.17, 15) is 21.6 Å². The van der Waals surface area contributed by atoms with Gasteiger partial charge in [-0.2, -0.15) is 0 Å². The Labute approximate surface area is 149 Å². The van der Waals surface area contributed by atoms with E-state index in [1.54, 1.807) is 13.8 Å². The number of nitrogens with one attached hydrogen (secondary N) is 1. The SMILES string of the molecule is Cc1cc(N2C(=O)C(C)CS2(=O)=O)ccc1S(=O)(=O)NCCC(C)C. The first kappa shape index (κ1) is 19.9. The average molecular weight is 389 g/mol. The molecule has 0 spiro atoms. The molecule has 1 aliphatic rings. The summed E-state index contributed by atoms with van der Waals surface area (Å²) in [4.78, 5) is 12.2. The number of benzene rings is 1. The molecule has 7 nitrogen and oxygen atoms in total. The lowest BCUT2D eigenvalue weighted by Gasteiger charge is -2.17. The van der Waals surface area contributed by atoms with Crippen molar-refractivity contribution in [2.24, 2.45) is 11.8 Å². The van der Waals surface area contributed by atoms with Gasteiger partial charge in [-0.1, -0.05) is 20.8 Å². The Bertz CT molecular complexity index is 876. The van der Waals surface area contributed by atoms with Crippen LogP contribution in [0.4, 0.5) is 5.69 Å². The zero-order valence-corrected chi connectivity index (χ0v) is 16.4. The predicted molar refractivity (Wildman–Crippen MR) is 96.3 cm³/mol. The van der Waals surface area contributed by atoms with Crippen molar-refractivity contribution in [3.8, 4) is 0 Å². The molecule has 9 heteroatoms. The Kier molecular flexibility index (Phi) is 5.60. The van der Waals surface area contributed by atoms with Crippen LogP contribution < -0.4 is 9.03 Å². The van der Waals surface area contributed by atoms with Crippen molar-refractivity contribution >= 4 is 31.6 Å². The van der Waals surface area contributed by atoms with Gasteiger partial charge in [0.05, 0.1) is 22.3 Å². The van der Waals surface area contributed by atoms with Crippen LogP contribution in [0.2, 0.25) is 0 Å². The molecule has 0 aliphatic carbocycles. The highest BCUT2D eigenvalue weighted by Crippen LogP contribution is 2.30. The van der Waals surface area contributed by atoms with Gasteiger partial charge in [0.15, 0.2) is 0 Å². The first-order chi connectivity index (χ1) is 11.5. The summed E-state index contributed by atoms with van der Waals surface area (Å²) in [5.74, 6) is -0.960. The van der Waals surface area contributed by atoms with Gasteiger partial charge in [-0.05, 0) is 43.0 Å². The molecule has 140 valence electrons. The highest BCUT2D eigenvalue weighted by molar-refractivity contribution is 7.94. The van der Waals surface area contributed by atoms with Crippen molar-refractivity contribution in [2.45, 2.75) is 39.0 Å². The molecule has 1 aromatic carbocycles. The zero-order valence-electron chi connectivity index (χ0n) is 14.8. The topological polar surface area (TPSA) is 101 Å². The summed E-state index contributed by atoms with van der Waals surface area (Å²) < 4.78 is 52.4. The second kappa shape index (κ2) is 7.05. The number of carbonyl (C=O) groups excluding carboxylic acids is 1. The third-order valence-corrected chi connectivity index (χ3v) is 7.55. The lowest BCUT2D eigenvalue weighted by Crippen LogP contribution is -2.30. The number of sulfonamides is 2. The molecule has 1 fully saturated rings. The fraction of sp³-hybridized carbons (Fsp3) is 0.562. The van der Waals surface area contributed by atoms with Gasteiger partial charge in [0.25, 0.3) is 0 Å². The van der Waals surface area contributed by atoms with Crippen LogP contribution in [0.3, 0.4) is 0 Å². The zero-order chi connectivity index (χ0) is 19.0. The Morgan fingerprint density at radius 2 is 1.96 bits per heavy atom. The lowest BCUT2D eigenvalue weighted by molar-refractivity contribution is -0.119. The van der Waals surface area contributed by atoms with E-state index in [1.165, 1.54) is 18.2 Å². The molecule has 1 amide bonds. The summed E-state index contributed by atoms with van der Waals surface area (Å²) >= 11 is 0. The van der Waals surface area contributed by atoms with Crippen LogP contribution in [-0.4, -0.2) is 35.0 Å². The normalized spacial score (nSPS) is 20.4. The largest absolute Gasteiger partial charge is 0.273 e. The van der Waals surface area contributed by atoms with Crippen LogP contribution in [0.25, 0.3) is 0 Å². The summed E-state index contributed by atoms with van der Waals surface area (Å²) in [6.45, 7) is 7.48. The molecule has 1 aliphatic heterocycles. The molecule has 25 heavy (non-hydrogen) atoms. The molecule has 0 saturated carbocycles. The Morgan fingerprint density at radius 3 is 2.44 bits per heavy atom. The number of amides is 1. The molecule has 1 N–H and O–H groups in total. The van der Waals surface area contributed by atoms with E-state index in [-0.39, 0.29) is 16.3 Å². The van der Waals surface area contributed by atoms with E-state index in [1.807, 2.05) is 13.8 Å². The monoisotopic (exact) mass is 388 g/mol. The number of anilines is 1. The summed E-state index contributed by atoms with van der Waals surface area (Å²) in [6, 6.07) is 4.12. The van der Waals surface area contributed by atoms with Gasteiger partial charge in [-0.25, -0.2) is 25.9 Å². The van der Waals surface area contributed by atoms with Gasteiger partial charge in [-0.15, -0.1) is 0 Å². The maximum atomic E-state index is 12.4. The molecule has 0 radical (unpaired) electrons. The van der Waals surface area contributed by atoms with Gasteiger partial charge in [0.2, 0.25) is 26.0 Å². The smallest absolute Gasteiger partial charge is 0.244 e. The first-order valence-electron chi connectivity index (χ1n) is 8.13. The van der Waals surface area contributed by atoms with Gasteiger partial charge >= 0.3 is 0 Å². The fourth-order valence-corrected chi connectivity index (χ4v) is 5.79. The van der Waals surface area contributed by atoms with E-state index >= 15 is 0 Å². The van der Waals surface area contributed by atoms with Gasteiger partial charge in [0, 0.05) is 6.54 Å². The van der Waals surface area contributed by atoms with Crippen molar-refractivity contribution in [3.63, 3.8) is 0 Å². The predicted octanol–water partition coefficient (Wildman–Crippen LogP) is 1.63. The lowest BCUT2D eigenvalue weighted by atomic mass is 10.1. The molecular weight excluding hydrogens is 364 g/mol. The van der Waals surface area contributed by atoms with Gasteiger partial charge in [-0.3, -0.25) is 4.79 Å².